The fourth-order valence-electron chi connectivity index (χ4n) is 3.59. The molecule has 0 aliphatic heterocycles. The van der Waals surface area contributed by atoms with E-state index in [1.165, 1.54) is 28.4 Å². The van der Waals surface area contributed by atoms with Crippen molar-refractivity contribution >= 4 is 11.9 Å². The van der Waals surface area contributed by atoms with Crippen LogP contribution in [0.4, 0.5) is 0 Å². The molecule has 0 fully saturated rings. The molecule has 2 aromatic rings. The van der Waals surface area contributed by atoms with Gasteiger partial charge < -0.3 is 33.5 Å². The first kappa shape index (κ1) is 26.7. The molecule has 10 nitrogen and oxygen atoms in total. The molecule has 0 saturated heterocycles. The second kappa shape index (κ2) is 12.6. The number of hydrogen-bond donors (Lipinski definition) is 1. The summed E-state index contributed by atoms with van der Waals surface area (Å²) in [4.78, 5) is 28.9. The molecule has 1 N–H and O–H groups in total. The highest BCUT2D eigenvalue weighted by atomic mass is 16.7. The van der Waals surface area contributed by atoms with Crippen LogP contribution < -0.4 is 18.9 Å². The molecule has 0 radical (unpaired) electrons. The minimum Gasteiger partial charge on any atom is -0.493 e. The highest BCUT2D eigenvalue weighted by molar-refractivity contribution is 5.98. The van der Waals surface area contributed by atoms with Gasteiger partial charge in [-0.25, -0.2) is 14.6 Å². The molecule has 0 saturated carbocycles. The quantitative estimate of drug-likeness (QED) is 0.339. The van der Waals surface area contributed by atoms with Crippen LogP contribution in [0.5, 0.6) is 23.0 Å². The average molecular weight is 478 g/mol. The standard InChI is InChI=1S/C24H31NO9/c1-7-8-9-14-10-11-15(20(19(14)30-3)34-13-29-2)12-16-17(23(26)27)21(31-4)22(32-5)18(25-16)24(28)33-6/h10-11H,7-9,12-13H2,1-6H3,(H,26,27). The number of carbonyl (C=O) groups excluding carboxylic acids is 1. The van der Waals surface area contributed by atoms with Crippen LogP contribution in [-0.2, 0) is 22.3 Å². The maximum Gasteiger partial charge on any atom is 0.360 e. The predicted octanol–water partition coefficient (Wildman–Crippen LogP) is 3.51. The second-order valence-electron chi connectivity index (χ2n) is 7.22. The number of methoxy groups -OCH3 is 5. The largest absolute Gasteiger partial charge is 0.493 e. The van der Waals surface area contributed by atoms with Crippen LogP contribution in [0, 0.1) is 0 Å². The van der Waals surface area contributed by atoms with E-state index in [-0.39, 0.29) is 41.7 Å². The Morgan fingerprint density at radius 2 is 1.56 bits per heavy atom. The molecule has 10 heteroatoms. The zero-order valence-electron chi connectivity index (χ0n) is 20.4. The van der Waals surface area contributed by atoms with Gasteiger partial charge in [-0.1, -0.05) is 25.5 Å². The van der Waals surface area contributed by atoms with Gasteiger partial charge in [0.05, 0.1) is 34.1 Å². The van der Waals surface area contributed by atoms with E-state index in [1.54, 1.807) is 7.11 Å². The summed E-state index contributed by atoms with van der Waals surface area (Å²) in [5.41, 5.74) is 1.17. The van der Waals surface area contributed by atoms with Gasteiger partial charge in [-0.2, -0.15) is 0 Å². The monoisotopic (exact) mass is 477 g/mol. The van der Waals surface area contributed by atoms with Crippen molar-refractivity contribution in [3.63, 3.8) is 0 Å². The molecule has 0 aliphatic rings. The normalized spacial score (nSPS) is 10.5. The van der Waals surface area contributed by atoms with Gasteiger partial charge >= 0.3 is 11.9 Å². The molecule has 1 heterocycles. The number of aryl methyl sites for hydroxylation is 1. The highest BCUT2D eigenvalue weighted by Gasteiger charge is 2.30. The van der Waals surface area contributed by atoms with Crippen molar-refractivity contribution in [1.29, 1.82) is 0 Å². The molecule has 1 aromatic carbocycles. The third-order valence-corrected chi connectivity index (χ3v) is 5.14. The fraction of sp³-hybridized carbons (Fsp3) is 0.458. The Labute approximate surface area is 198 Å². The van der Waals surface area contributed by atoms with Gasteiger partial charge in [0.15, 0.2) is 35.5 Å². The van der Waals surface area contributed by atoms with Gasteiger partial charge in [0.1, 0.15) is 5.56 Å². The van der Waals surface area contributed by atoms with Crippen LogP contribution in [0.3, 0.4) is 0 Å². The lowest BCUT2D eigenvalue weighted by Gasteiger charge is -2.20. The fourth-order valence-corrected chi connectivity index (χ4v) is 3.59. The van der Waals surface area contributed by atoms with E-state index in [9.17, 15) is 14.7 Å². The summed E-state index contributed by atoms with van der Waals surface area (Å²) in [7, 11) is 6.80. The topological polar surface area (TPSA) is 123 Å². The number of aromatic carboxylic acids is 1. The molecule has 186 valence electrons. The number of carboxylic acid groups (broad SMARTS) is 1. The molecule has 0 spiro atoms. The Bertz CT molecular complexity index is 1020. The molecule has 34 heavy (non-hydrogen) atoms. The molecule has 0 unspecified atom stereocenters. The maximum atomic E-state index is 12.4. The first-order chi connectivity index (χ1) is 16.4. The van der Waals surface area contributed by atoms with Gasteiger partial charge in [0, 0.05) is 19.1 Å². The number of carboxylic acids is 1. The number of hydrogen-bond acceptors (Lipinski definition) is 9. The van der Waals surface area contributed by atoms with Crippen molar-refractivity contribution in [3.8, 4) is 23.0 Å². The summed E-state index contributed by atoms with van der Waals surface area (Å²) >= 11 is 0. The van der Waals surface area contributed by atoms with Gasteiger partial charge in [0.25, 0.3) is 0 Å². The second-order valence-corrected chi connectivity index (χ2v) is 7.22. The number of ether oxygens (including phenoxy) is 6. The number of aromatic nitrogens is 1. The van der Waals surface area contributed by atoms with Gasteiger partial charge in [-0.3, -0.25) is 0 Å². The van der Waals surface area contributed by atoms with Crippen molar-refractivity contribution in [2.45, 2.75) is 32.6 Å². The first-order valence-corrected chi connectivity index (χ1v) is 10.6. The van der Waals surface area contributed by atoms with Gasteiger partial charge in [0.2, 0.25) is 0 Å². The van der Waals surface area contributed by atoms with Crippen molar-refractivity contribution in [2.75, 3.05) is 42.3 Å². The SMILES string of the molecule is CCCCc1ccc(Cc2nc(C(=O)OC)c(OC)c(OC)c2C(=O)O)c(OCOC)c1OC. The number of unbranched alkanes of at least 4 members (excludes halogenated alkanes) is 1. The van der Waals surface area contributed by atoms with Crippen LogP contribution in [0.15, 0.2) is 12.1 Å². The lowest BCUT2D eigenvalue weighted by atomic mass is 9.98. The van der Waals surface area contributed by atoms with Crippen LogP contribution in [-0.4, -0.2) is 64.4 Å². The molecule has 0 bridgehead atoms. The maximum absolute atomic E-state index is 12.4. The zero-order chi connectivity index (χ0) is 25.3. The van der Waals surface area contributed by atoms with Crippen LogP contribution in [0.2, 0.25) is 0 Å². The van der Waals surface area contributed by atoms with E-state index >= 15 is 0 Å². The molecular weight excluding hydrogens is 446 g/mol. The lowest BCUT2D eigenvalue weighted by Crippen LogP contribution is -2.16. The summed E-state index contributed by atoms with van der Waals surface area (Å²) in [6.45, 7) is 2.05. The highest BCUT2D eigenvalue weighted by Crippen LogP contribution is 2.40. The van der Waals surface area contributed by atoms with E-state index in [0.717, 1.165) is 24.8 Å². The number of benzene rings is 1. The first-order valence-electron chi connectivity index (χ1n) is 10.6. The smallest absolute Gasteiger partial charge is 0.360 e. The molecular formula is C24H31NO9. The van der Waals surface area contributed by atoms with Crippen LogP contribution >= 0.6 is 0 Å². The van der Waals surface area contributed by atoms with E-state index < -0.39 is 11.9 Å². The van der Waals surface area contributed by atoms with Crippen molar-refractivity contribution in [2.24, 2.45) is 0 Å². The third-order valence-electron chi connectivity index (χ3n) is 5.14. The Hall–Kier alpha value is -3.53. The number of pyridine rings is 1. The summed E-state index contributed by atoms with van der Waals surface area (Å²) in [6.07, 6.45) is 2.75. The Morgan fingerprint density at radius 3 is 2.09 bits per heavy atom. The van der Waals surface area contributed by atoms with Crippen molar-refractivity contribution < 1.29 is 43.1 Å². The minimum atomic E-state index is -1.29. The van der Waals surface area contributed by atoms with E-state index in [0.29, 0.717) is 17.1 Å². The van der Waals surface area contributed by atoms with Gasteiger partial charge in [-0.15, -0.1) is 0 Å². The summed E-state index contributed by atoms with van der Waals surface area (Å²) < 4.78 is 31.9. The summed E-state index contributed by atoms with van der Waals surface area (Å²) in [5, 5.41) is 9.95. The van der Waals surface area contributed by atoms with E-state index in [4.69, 9.17) is 28.4 Å². The van der Waals surface area contributed by atoms with Crippen LogP contribution in [0.25, 0.3) is 0 Å². The van der Waals surface area contributed by atoms with Gasteiger partial charge in [-0.05, 0) is 18.4 Å². The molecule has 0 atom stereocenters. The third kappa shape index (κ3) is 5.69. The Kier molecular flexibility index (Phi) is 9.93. The number of nitrogens with zero attached hydrogens (tertiary/aromatic N) is 1. The predicted molar refractivity (Wildman–Crippen MR) is 123 cm³/mol. The summed E-state index contributed by atoms with van der Waals surface area (Å²) in [6, 6.07) is 3.73. The number of esters is 1. The van der Waals surface area contributed by atoms with E-state index in [1.807, 2.05) is 12.1 Å². The molecule has 0 aliphatic carbocycles. The van der Waals surface area contributed by atoms with E-state index in [2.05, 4.69) is 11.9 Å². The zero-order valence-corrected chi connectivity index (χ0v) is 20.4. The lowest BCUT2D eigenvalue weighted by molar-refractivity contribution is 0.0483. The molecule has 2 rings (SSSR count). The number of rotatable bonds is 13. The molecule has 1 aromatic heterocycles. The Balaban J connectivity index is 2.75. The minimum absolute atomic E-state index is 0.00452. The number of carbonyl (C=O) groups is 2. The van der Waals surface area contributed by atoms with Crippen LogP contribution in [0.1, 0.15) is 57.4 Å². The molecule has 0 amide bonds. The van der Waals surface area contributed by atoms with Crippen molar-refractivity contribution in [1.82, 2.24) is 4.98 Å². The van der Waals surface area contributed by atoms with Crippen molar-refractivity contribution in [3.05, 3.63) is 40.2 Å². The summed E-state index contributed by atoms with van der Waals surface area (Å²) in [5.74, 6) is -1.40. The Morgan fingerprint density at radius 1 is 0.912 bits per heavy atom. The average Bonchev–Trinajstić information content (AvgIpc) is 2.84.